The van der Waals surface area contributed by atoms with Crippen LogP contribution in [0.15, 0.2) is 18.2 Å². The number of nitrogens with one attached hydrogen (secondary N) is 1. The smallest absolute Gasteiger partial charge is 0.224 e. The Morgan fingerprint density at radius 3 is 2.57 bits per heavy atom. The van der Waals surface area contributed by atoms with Crippen LogP contribution in [0.5, 0.6) is 5.75 Å². The monoisotopic (exact) mass is 309 g/mol. The summed E-state index contributed by atoms with van der Waals surface area (Å²) in [4.78, 5) is 14.1. The number of hydrogen-bond acceptors (Lipinski definition) is 4. The Bertz CT molecular complexity index is 502. The van der Waals surface area contributed by atoms with Gasteiger partial charge in [0.05, 0.1) is 7.11 Å². The molecular weight excluding hydrogens is 286 g/mol. The maximum Gasteiger partial charge on any atom is 0.224 e. The quantitative estimate of drug-likeness (QED) is 0.719. The molecule has 0 heterocycles. The van der Waals surface area contributed by atoms with E-state index >= 15 is 0 Å². The molecule has 0 aliphatic heterocycles. The predicted octanol–water partition coefficient (Wildman–Crippen LogP) is 2.00. The first-order chi connectivity index (χ1) is 10.0. The van der Waals surface area contributed by atoms with Crippen molar-refractivity contribution in [2.24, 2.45) is 5.73 Å². The Balaban J connectivity index is 2.70. The van der Waals surface area contributed by atoms with Crippen LogP contribution in [0.1, 0.15) is 25.8 Å². The van der Waals surface area contributed by atoms with E-state index in [-0.39, 0.29) is 5.91 Å². The van der Waals surface area contributed by atoms with Crippen molar-refractivity contribution < 1.29 is 9.53 Å². The zero-order valence-corrected chi connectivity index (χ0v) is 13.6. The highest BCUT2D eigenvalue weighted by Gasteiger charge is 2.10. The van der Waals surface area contributed by atoms with Crippen molar-refractivity contribution in [1.29, 1.82) is 0 Å². The summed E-state index contributed by atoms with van der Waals surface area (Å²) in [5.74, 6) is 0.847. The zero-order valence-electron chi connectivity index (χ0n) is 12.8. The lowest BCUT2D eigenvalue weighted by molar-refractivity contribution is -0.130. The third-order valence-corrected chi connectivity index (χ3v) is 3.48. The number of rotatable bonds is 8. The van der Waals surface area contributed by atoms with E-state index in [1.165, 1.54) is 0 Å². The summed E-state index contributed by atoms with van der Waals surface area (Å²) in [6.07, 6.45) is 0.426. The van der Waals surface area contributed by atoms with Gasteiger partial charge in [0, 0.05) is 43.4 Å². The van der Waals surface area contributed by atoms with Crippen molar-refractivity contribution in [3.05, 3.63) is 23.8 Å². The van der Waals surface area contributed by atoms with Gasteiger partial charge in [0.25, 0.3) is 0 Å². The summed E-state index contributed by atoms with van der Waals surface area (Å²) < 4.78 is 5.19. The second-order valence-corrected chi connectivity index (χ2v) is 4.96. The number of nitrogens with two attached hydrogens (primary N) is 1. The van der Waals surface area contributed by atoms with E-state index in [1.807, 2.05) is 30.9 Å². The van der Waals surface area contributed by atoms with Crippen molar-refractivity contribution in [1.82, 2.24) is 4.90 Å². The van der Waals surface area contributed by atoms with E-state index in [2.05, 4.69) is 5.32 Å². The number of anilines is 1. The van der Waals surface area contributed by atoms with Crippen LogP contribution in [0.4, 0.5) is 5.69 Å². The number of thiocarbonyl (C=S) groups is 1. The van der Waals surface area contributed by atoms with E-state index < -0.39 is 0 Å². The molecule has 5 nitrogen and oxygen atoms in total. The van der Waals surface area contributed by atoms with E-state index in [0.29, 0.717) is 23.7 Å². The Kier molecular flexibility index (Phi) is 6.94. The van der Waals surface area contributed by atoms with Crippen molar-refractivity contribution in [2.45, 2.75) is 20.3 Å². The van der Waals surface area contributed by atoms with Crippen molar-refractivity contribution in [2.75, 3.05) is 32.1 Å². The number of methoxy groups -OCH3 is 1. The summed E-state index contributed by atoms with van der Waals surface area (Å²) in [6, 6.07) is 5.45. The van der Waals surface area contributed by atoms with Gasteiger partial charge in [-0.3, -0.25) is 4.79 Å². The zero-order chi connectivity index (χ0) is 15.8. The molecule has 0 unspecified atom stereocenters. The Morgan fingerprint density at radius 2 is 2.05 bits per heavy atom. The fraction of sp³-hybridized carbons (Fsp3) is 0.467. The molecule has 1 amide bonds. The molecule has 0 saturated heterocycles. The van der Waals surface area contributed by atoms with Gasteiger partial charge in [-0.2, -0.15) is 0 Å². The van der Waals surface area contributed by atoms with Crippen LogP contribution >= 0.6 is 12.2 Å². The number of hydrogen-bond donors (Lipinski definition) is 2. The number of benzene rings is 1. The molecule has 0 radical (unpaired) electrons. The summed E-state index contributed by atoms with van der Waals surface area (Å²) >= 11 is 5.03. The highest BCUT2D eigenvalue weighted by Crippen LogP contribution is 2.22. The Hall–Kier alpha value is -1.82. The standard InChI is InChI=1S/C15H23N3O2S/c1-4-18(5-2)14(19)8-9-17-13-10-11(20-3)6-7-12(13)15(16)21/h6-7,10,17H,4-5,8-9H2,1-3H3,(H2,16,21). The first-order valence-electron chi connectivity index (χ1n) is 7.02. The van der Waals surface area contributed by atoms with Crippen LogP contribution in [0.25, 0.3) is 0 Å². The molecule has 0 saturated carbocycles. The predicted molar refractivity (Wildman–Crippen MR) is 89.9 cm³/mol. The summed E-state index contributed by atoms with van der Waals surface area (Å²) in [7, 11) is 1.60. The molecular formula is C15H23N3O2S. The van der Waals surface area contributed by atoms with Crippen LogP contribution < -0.4 is 15.8 Å². The minimum atomic E-state index is 0.132. The average Bonchev–Trinajstić information content (AvgIpc) is 2.48. The lowest BCUT2D eigenvalue weighted by atomic mass is 10.1. The molecule has 0 fully saturated rings. The molecule has 21 heavy (non-hydrogen) atoms. The number of carbonyl (C=O) groups is 1. The number of ether oxygens (including phenoxy) is 1. The van der Waals surface area contributed by atoms with Gasteiger partial charge in [-0.15, -0.1) is 0 Å². The molecule has 1 aromatic rings. The molecule has 0 spiro atoms. The minimum Gasteiger partial charge on any atom is -0.497 e. The lowest BCUT2D eigenvalue weighted by Crippen LogP contribution is -2.31. The van der Waals surface area contributed by atoms with E-state index in [4.69, 9.17) is 22.7 Å². The van der Waals surface area contributed by atoms with Crippen LogP contribution in [0.3, 0.4) is 0 Å². The highest BCUT2D eigenvalue weighted by atomic mass is 32.1. The summed E-state index contributed by atoms with van der Waals surface area (Å²) in [5, 5.41) is 3.21. The first kappa shape index (κ1) is 17.2. The molecule has 0 aromatic heterocycles. The molecule has 0 aliphatic rings. The van der Waals surface area contributed by atoms with Gasteiger partial charge in [-0.1, -0.05) is 12.2 Å². The number of carbonyl (C=O) groups excluding carboxylic acids is 1. The summed E-state index contributed by atoms with van der Waals surface area (Å²) in [5.41, 5.74) is 7.24. The Labute approximate surface area is 131 Å². The topological polar surface area (TPSA) is 67.6 Å². The average molecular weight is 309 g/mol. The van der Waals surface area contributed by atoms with Gasteiger partial charge in [0.15, 0.2) is 0 Å². The SMILES string of the molecule is CCN(CC)C(=O)CCNc1cc(OC)ccc1C(N)=S. The van der Waals surface area contributed by atoms with Gasteiger partial charge in [0.1, 0.15) is 10.7 Å². The van der Waals surface area contributed by atoms with Gasteiger partial charge < -0.3 is 20.7 Å². The van der Waals surface area contributed by atoms with Crippen LogP contribution in [-0.4, -0.2) is 42.5 Å². The molecule has 0 aliphatic carbocycles. The highest BCUT2D eigenvalue weighted by molar-refractivity contribution is 7.80. The van der Waals surface area contributed by atoms with E-state index in [9.17, 15) is 4.79 Å². The molecule has 116 valence electrons. The number of nitrogens with zero attached hydrogens (tertiary/aromatic N) is 1. The van der Waals surface area contributed by atoms with Crippen molar-refractivity contribution >= 4 is 28.8 Å². The van der Waals surface area contributed by atoms with Gasteiger partial charge in [-0.25, -0.2) is 0 Å². The third-order valence-electron chi connectivity index (χ3n) is 3.26. The van der Waals surface area contributed by atoms with Crippen LogP contribution in [0, 0.1) is 0 Å². The molecule has 3 N–H and O–H groups in total. The lowest BCUT2D eigenvalue weighted by Gasteiger charge is -2.19. The van der Waals surface area contributed by atoms with Crippen LogP contribution in [0.2, 0.25) is 0 Å². The molecule has 6 heteroatoms. The normalized spacial score (nSPS) is 10.0. The van der Waals surface area contributed by atoms with Gasteiger partial charge in [-0.05, 0) is 26.0 Å². The van der Waals surface area contributed by atoms with Crippen molar-refractivity contribution in [3.8, 4) is 5.75 Å². The maximum absolute atomic E-state index is 11.9. The maximum atomic E-state index is 11.9. The Morgan fingerprint density at radius 1 is 1.38 bits per heavy atom. The second-order valence-electron chi connectivity index (χ2n) is 4.52. The fourth-order valence-electron chi connectivity index (χ4n) is 2.05. The molecule has 0 atom stereocenters. The van der Waals surface area contributed by atoms with E-state index in [0.717, 1.165) is 24.3 Å². The molecule has 1 rings (SSSR count). The minimum absolute atomic E-state index is 0.132. The van der Waals surface area contributed by atoms with Gasteiger partial charge in [0.2, 0.25) is 5.91 Å². The number of amides is 1. The van der Waals surface area contributed by atoms with Gasteiger partial charge >= 0.3 is 0 Å². The third kappa shape index (κ3) is 4.90. The van der Waals surface area contributed by atoms with Crippen LogP contribution in [-0.2, 0) is 4.79 Å². The largest absolute Gasteiger partial charge is 0.497 e. The molecule has 0 bridgehead atoms. The molecule has 1 aromatic carbocycles. The fourth-order valence-corrected chi connectivity index (χ4v) is 2.23. The second kappa shape index (κ2) is 8.46. The summed E-state index contributed by atoms with van der Waals surface area (Å²) in [6.45, 7) is 5.93. The first-order valence-corrected chi connectivity index (χ1v) is 7.43. The van der Waals surface area contributed by atoms with Crippen molar-refractivity contribution in [3.63, 3.8) is 0 Å². The van der Waals surface area contributed by atoms with E-state index in [1.54, 1.807) is 13.2 Å².